The fraction of sp³-hybridized carbons (Fsp3) is 0.500. The normalized spacial score (nSPS) is 21.2. The van der Waals surface area contributed by atoms with Crippen LogP contribution in [0.25, 0.3) is 0 Å². The summed E-state index contributed by atoms with van der Waals surface area (Å²) in [6.07, 6.45) is 2.28. The highest BCUT2D eigenvalue weighted by Gasteiger charge is 2.41. The van der Waals surface area contributed by atoms with Gasteiger partial charge in [-0.1, -0.05) is 30.3 Å². The number of benzene rings is 1. The van der Waals surface area contributed by atoms with E-state index in [0.717, 1.165) is 23.5 Å². The Bertz CT molecular complexity index is 799. The topological polar surface area (TPSA) is 94.4 Å². The number of hydrogen-bond donors (Lipinski definition) is 2. The molecule has 4 rings (SSSR count). The predicted molar refractivity (Wildman–Crippen MR) is 108 cm³/mol. The van der Waals surface area contributed by atoms with Gasteiger partial charge in [-0.25, -0.2) is 4.98 Å². The molecule has 3 heterocycles. The maximum atomic E-state index is 9.58. The number of likely N-dealkylation sites (tertiary alicyclic amines) is 1. The minimum Gasteiger partial charge on any atom is -0.479 e. The summed E-state index contributed by atoms with van der Waals surface area (Å²) >= 11 is 0. The van der Waals surface area contributed by atoms with Crippen molar-refractivity contribution in [2.45, 2.75) is 25.1 Å². The number of anilines is 2. The lowest BCUT2D eigenvalue weighted by Crippen LogP contribution is -2.62. The number of fused-ring (bicyclic) bond motifs is 1. The highest BCUT2D eigenvalue weighted by Crippen LogP contribution is 2.41. The van der Waals surface area contributed by atoms with Gasteiger partial charge >= 0.3 is 0 Å². The first-order chi connectivity index (χ1) is 14.2. The number of rotatable bonds is 9. The number of ether oxygens (including phenoxy) is 2. The molecule has 1 fully saturated rings. The van der Waals surface area contributed by atoms with Crippen molar-refractivity contribution in [2.75, 3.05) is 50.2 Å². The second kappa shape index (κ2) is 8.91. The SMILES string of the molecule is COc1ncnc2c1N(COCc1ccccc1)CN2CN1C(CO)CC1CO. The van der Waals surface area contributed by atoms with E-state index in [1.54, 1.807) is 7.11 Å². The molecule has 2 atom stereocenters. The van der Waals surface area contributed by atoms with Gasteiger partial charge in [0.25, 0.3) is 0 Å². The highest BCUT2D eigenvalue weighted by molar-refractivity contribution is 5.76. The zero-order valence-corrected chi connectivity index (χ0v) is 16.5. The van der Waals surface area contributed by atoms with Crippen molar-refractivity contribution >= 4 is 11.5 Å². The van der Waals surface area contributed by atoms with E-state index in [-0.39, 0.29) is 25.3 Å². The molecule has 2 N–H and O–H groups in total. The fourth-order valence-corrected chi connectivity index (χ4v) is 3.95. The largest absolute Gasteiger partial charge is 0.479 e. The van der Waals surface area contributed by atoms with Crippen molar-refractivity contribution in [1.82, 2.24) is 14.9 Å². The molecule has 1 aromatic heterocycles. The summed E-state index contributed by atoms with van der Waals surface area (Å²) in [4.78, 5) is 14.9. The van der Waals surface area contributed by atoms with Gasteiger partial charge in [-0.3, -0.25) is 4.90 Å². The molecular weight excluding hydrogens is 374 g/mol. The van der Waals surface area contributed by atoms with Crippen LogP contribution in [0.5, 0.6) is 5.88 Å². The minimum atomic E-state index is 0.0581. The summed E-state index contributed by atoms with van der Waals surface area (Å²) < 4.78 is 11.4. The van der Waals surface area contributed by atoms with Crippen LogP contribution in [-0.4, -0.2) is 77.6 Å². The summed E-state index contributed by atoms with van der Waals surface area (Å²) in [5, 5.41) is 19.2. The van der Waals surface area contributed by atoms with Gasteiger partial charge in [-0.05, 0) is 12.0 Å². The van der Waals surface area contributed by atoms with Crippen LogP contribution in [-0.2, 0) is 11.3 Å². The molecule has 0 amide bonds. The molecule has 9 heteroatoms. The summed E-state index contributed by atoms with van der Waals surface area (Å²) in [5.74, 6) is 1.27. The first-order valence-corrected chi connectivity index (χ1v) is 9.73. The van der Waals surface area contributed by atoms with Gasteiger partial charge in [0, 0.05) is 12.1 Å². The summed E-state index contributed by atoms with van der Waals surface area (Å²) in [6.45, 7) is 2.15. The summed E-state index contributed by atoms with van der Waals surface area (Å²) in [6, 6.07) is 10.1. The van der Waals surface area contributed by atoms with E-state index < -0.39 is 0 Å². The van der Waals surface area contributed by atoms with Crippen LogP contribution in [0.4, 0.5) is 11.5 Å². The van der Waals surface area contributed by atoms with E-state index in [0.29, 0.717) is 32.6 Å². The molecule has 156 valence electrons. The molecule has 1 saturated heterocycles. The molecule has 2 unspecified atom stereocenters. The van der Waals surface area contributed by atoms with E-state index in [9.17, 15) is 10.2 Å². The Labute approximate surface area is 170 Å². The third kappa shape index (κ3) is 3.99. The third-order valence-electron chi connectivity index (χ3n) is 5.52. The molecule has 2 aromatic rings. The molecule has 1 aromatic carbocycles. The minimum absolute atomic E-state index is 0.0581. The Morgan fingerprint density at radius 2 is 1.83 bits per heavy atom. The molecule has 29 heavy (non-hydrogen) atoms. The fourth-order valence-electron chi connectivity index (χ4n) is 3.95. The highest BCUT2D eigenvalue weighted by atomic mass is 16.5. The average molecular weight is 401 g/mol. The molecule has 2 aliphatic rings. The molecule has 2 aliphatic heterocycles. The van der Waals surface area contributed by atoms with Crippen LogP contribution in [0.2, 0.25) is 0 Å². The number of aliphatic hydroxyl groups is 2. The monoisotopic (exact) mass is 401 g/mol. The van der Waals surface area contributed by atoms with Gasteiger partial charge in [0.15, 0.2) is 5.82 Å². The molecule has 0 saturated carbocycles. The van der Waals surface area contributed by atoms with E-state index >= 15 is 0 Å². The predicted octanol–water partition coefficient (Wildman–Crippen LogP) is 0.628. The van der Waals surface area contributed by atoms with Crippen molar-refractivity contribution < 1.29 is 19.7 Å². The Balaban J connectivity index is 1.47. The number of aliphatic hydroxyl groups excluding tert-OH is 2. The lowest BCUT2D eigenvalue weighted by molar-refractivity contribution is -0.0406. The van der Waals surface area contributed by atoms with Gasteiger partial charge in [0.2, 0.25) is 5.88 Å². The zero-order valence-electron chi connectivity index (χ0n) is 16.5. The maximum Gasteiger partial charge on any atom is 0.242 e. The molecule has 9 nitrogen and oxygen atoms in total. The van der Waals surface area contributed by atoms with Gasteiger partial charge < -0.3 is 29.5 Å². The van der Waals surface area contributed by atoms with Crippen molar-refractivity contribution in [3.8, 4) is 5.88 Å². The Hall–Kier alpha value is -2.46. The van der Waals surface area contributed by atoms with E-state index in [1.807, 2.05) is 35.2 Å². The summed E-state index contributed by atoms with van der Waals surface area (Å²) in [7, 11) is 1.59. The first-order valence-electron chi connectivity index (χ1n) is 9.73. The number of methoxy groups -OCH3 is 1. The Kier molecular flexibility index (Phi) is 6.10. The molecule has 0 bridgehead atoms. The van der Waals surface area contributed by atoms with Gasteiger partial charge in [-0.2, -0.15) is 4.98 Å². The van der Waals surface area contributed by atoms with Gasteiger partial charge in [0.1, 0.15) is 18.7 Å². The molecule has 0 radical (unpaired) electrons. The molecular formula is C20H27N5O4. The van der Waals surface area contributed by atoms with Gasteiger partial charge in [-0.15, -0.1) is 0 Å². The lowest BCUT2D eigenvalue weighted by atomic mass is 9.94. The number of nitrogens with zero attached hydrogens (tertiary/aromatic N) is 5. The maximum absolute atomic E-state index is 9.58. The second-order valence-electron chi connectivity index (χ2n) is 7.30. The Morgan fingerprint density at radius 3 is 2.52 bits per heavy atom. The van der Waals surface area contributed by atoms with Crippen molar-refractivity contribution in [3.63, 3.8) is 0 Å². The van der Waals surface area contributed by atoms with Crippen LogP contribution < -0.4 is 14.5 Å². The van der Waals surface area contributed by atoms with Gasteiger partial charge in [0.05, 0.1) is 40.3 Å². The van der Waals surface area contributed by atoms with E-state index in [2.05, 4.69) is 19.8 Å². The van der Waals surface area contributed by atoms with Crippen molar-refractivity contribution in [1.29, 1.82) is 0 Å². The van der Waals surface area contributed by atoms with Crippen molar-refractivity contribution in [2.24, 2.45) is 0 Å². The van der Waals surface area contributed by atoms with Crippen LogP contribution >= 0.6 is 0 Å². The molecule has 0 aliphatic carbocycles. The van der Waals surface area contributed by atoms with Crippen LogP contribution in [0, 0.1) is 0 Å². The number of hydrogen-bond acceptors (Lipinski definition) is 9. The standard InChI is InChI=1S/C20H27N5O4/c1-28-20-18-19(21-11-22-20)23(13-25-16(8-26)7-17(25)9-27)12-24(18)14-29-10-15-5-3-2-4-6-15/h2-6,11,16-17,26-27H,7-10,12-14H2,1H3. The second-order valence-corrected chi connectivity index (χ2v) is 7.30. The van der Waals surface area contributed by atoms with Crippen LogP contribution in [0.15, 0.2) is 36.7 Å². The van der Waals surface area contributed by atoms with Crippen LogP contribution in [0.3, 0.4) is 0 Å². The van der Waals surface area contributed by atoms with Crippen LogP contribution in [0.1, 0.15) is 12.0 Å². The number of aromatic nitrogens is 2. The summed E-state index contributed by atoms with van der Waals surface area (Å²) in [5.41, 5.74) is 1.90. The van der Waals surface area contributed by atoms with E-state index in [1.165, 1.54) is 6.33 Å². The average Bonchev–Trinajstić information content (AvgIpc) is 3.10. The molecule has 0 spiro atoms. The zero-order chi connectivity index (χ0) is 20.2. The van der Waals surface area contributed by atoms with E-state index in [4.69, 9.17) is 9.47 Å². The van der Waals surface area contributed by atoms with Crippen molar-refractivity contribution in [3.05, 3.63) is 42.2 Å². The third-order valence-corrected chi connectivity index (χ3v) is 5.52. The quantitative estimate of drug-likeness (QED) is 0.627. The smallest absolute Gasteiger partial charge is 0.242 e. The Morgan fingerprint density at radius 1 is 1.07 bits per heavy atom. The first kappa shape index (κ1) is 19.8. The lowest BCUT2D eigenvalue weighted by Gasteiger charge is -2.48.